The lowest BCUT2D eigenvalue weighted by Crippen LogP contribution is -2.51. The fourth-order valence-electron chi connectivity index (χ4n) is 2.87. The average molecular weight is 474 g/mol. The van der Waals surface area contributed by atoms with Gasteiger partial charge in [-0.25, -0.2) is 13.6 Å². The third-order valence-electron chi connectivity index (χ3n) is 4.23. The van der Waals surface area contributed by atoms with Crippen molar-refractivity contribution in [2.75, 3.05) is 25.5 Å². The molecule has 168 valence electrons. The van der Waals surface area contributed by atoms with Crippen molar-refractivity contribution in [2.24, 2.45) is 15.4 Å². The minimum absolute atomic E-state index is 0.206. The molecule has 0 radical (unpaired) electrons. The standard InChI is InChI=1S/C17H19F5N2O4S2/c1-4-27-13(25)8-9(17(20,21)22)24-10(12(18)19)16(3,14(26)28-5-2)11(8)30-15-23-6-7-29-15/h10,12H,4-7H2,1-3H3. The van der Waals surface area contributed by atoms with Crippen LogP contribution >= 0.6 is 23.5 Å². The quantitative estimate of drug-likeness (QED) is 0.430. The Morgan fingerprint density at radius 2 is 1.90 bits per heavy atom. The first-order chi connectivity index (χ1) is 14.0. The minimum atomic E-state index is -5.23. The molecule has 0 aromatic carbocycles. The van der Waals surface area contributed by atoms with Crippen molar-refractivity contribution in [1.82, 2.24) is 0 Å². The van der Waals surface area contributed by atoms with Gasteiger partial charge in [-0.2, -0.15) is 13.2 Å². The summed E-state index contributed by atoms with van der Waals surface area (Å²) in [4.78, 5) is 32.0. The fraction of sp³-hybridized carbons (Fsp3) is 0.647. The molecule has 13 heteroatoms. The third-order valence-corrected chi connectivity index (χ3v) is 6.73. The zero-order valence-corrected chi connectivity index (χ0v) is 17.8. The first-order valence-corrected chi connectivity index (χ1v) is 10.7. The molecular weight excluding hydrogens is 455 g/mol. The number of halogens is 5. The Kier molecular flexibility index (Phi) is 7.94. The Morgan fingerprint density at radius 3 is 2.37 bits per heavy atom. The van der Waals surface area contributed by atoms with E-state index in [1.165, 1.54) is 25.6 Å². The second-order valence-electron chi connectivity index (χ2n) is 6.20. The Morgan fingerprint density at radius 1 is 1.27 bits per heavy atom. The summed E-state index contributed by atoms with van der Waals surface area (Å²) in [5, 5.41) is 0. The van der Waals surface area contributed by atoms with Crippen LogP contribution in [0.1, 0.15) is 20.8 Å². The normalized spacial score (nSPS) is 24.6. The Bertz CT molecular complexity index is 798. The lowest BCUT2D eigenvalue weighted by atomic mass is 9.77. The van der Waals surface area contributed by atoms with Gasteiger partial charge in [-0.05, 0) is 20.8 Å². The van der Waals surface area contributed by atoms with Gasteiger partial charge in [0, 0.05) is 10.7 Å². The molecule has 0 aromatic rings. The maximum atomic E-state index is 13.9. The number of dihydropyridines is 1. The van der Waals surface area contributed by atoms with Crippen LogP contribution in [0, 0.1) is 5.41 Å². The maximum Gasteiger partial charge on any atom is 0.433 e. The molecule has 6 nitrogen and oxygen atoms in total. The van der Waals surface area contributed by atoms with Crippen LogP contribution in [0.3, 0.4) is 0 Å². The number of nitrogens with zero attached hydrogens (tertiary/aromatic N) is 2. The van der Waals surface area contributed by atoms with Crippen LogP contribution in [-0.4, -0.2) is 66.2 Å². The number of rotatable bonds is 6. The zero-order valence-electron chi connectivity index (χ0n) is 16.2. The second-order valence-corrected chi connectivity index (χ2v) is 8.54. The van der Waals surface area contributed by atoms with E-state index in [9.17, 15) is 31.5 Å². The molecule has 0 fully saturated rings. The molecule has 2 unspecified atom stereocenters. The predicted molar refractivity (Wildman–Crippen MR) is 104 cm³/mol. The summed E-state index contributed by atoms with van der Waals surface area (Å²) in [6, 6.07) is -2.42. The van der Waals surface area contributed by atoms with Gasteiger partial charge >= 0.3 is 18.1 Å². The van der Waals surface area contributed by atoms with E-state index in [0.29, 0.717) is 24.1 Å². The van der Waals surface area contributed by atoms with Crippen LogP contribution in [0.25, 0.3) is 0 Å². The van der Waals surface area contributed by atoms with Gasteiger partial charge in [-0.15, -0.1) is 0 Å². The Balaban J connectivity index is 2.83. The largest absolute Gasteiger partial charge is 0.465 e. The number of thioether (sulfide) groups is 2. The number of esters is 2. The van der Waals surface area contributed by atoms with Crippen molar-refractivity contribution >= 4 is 45.5 Å². The van der Waals surface area contributed by atoms with E-state index in [1.54, 1.807) is 0 Å². The number of ether oxygens (including phenoxy) is 2. The molecule has 30 heavy (non-hydrogen) atoms. The van der Waals surface area contributed by atoms with Gasteiger partial charge in [-0.3, -0.25) is 14.8 Å². The van der Waals surface area contributed by atoms with Crippen LogP contribution in [0.4, 0.5) is 22.0 Å². The molecule has 0 saturated carbocycles. The van der Waals surface area contributed by atoms with Crippen molar-refractivity contribution < 1.29 is 41.0 Å². The lowest BCUT2D eigenvalue weighted by Gasteiger charge is -2.39. The maximum absolute atomic E-state index is 13.9. The van der Waals surface area contributed by atoms with E-state index in [2.05, 4.69) is 9.98 Å². The molecule has 2 atom stereocenters. The fourth-order valence-corrected chi connectivity index (χ4v) is 5.17. The Labute approximate surface area is 177 Å². The number of hydrogen-bond donors (Lipinski definition) is 0. The van der Waals surface area contributed by atoms with Crippen molar-refractivity contribution in [3.05, 3.63) is 10.5 Å². The number of hydrogen-bond acceptors (Lipinski definition) is 8. The predicted octanol–water partition coefficient (Wildman–Crippen LogP) is 3.86. The second kappa shape index (κ2) is 9.67. The molecule has 2 aliphatic heterocycles. The van der Waals surface area contributed by atoms with E-state index in [0.717, 1.165) is 6.92 Å². The molecule has 0 N–H and O–H groups in total. The average Bonchev–Trinajstić information content (AvgIpc) is 3.15. The molecule has 0 amide bonds. The summed E-state index contributed by atoms with van der Waals surface area (Å²) in [6.45, 7) is 3.69. The van der Waals surface area contributed by atoms with Crippen molar-refractivity contribution in [1.29, 1.82) is 0 Å². The van der Waals surface area contributed by atoms with Crippen LogP contribution in [-0.2, 0) is 19.1 Å². The molecule has 0 bridgehead atoms. The van der Waals surface area contributed by atoms with Gasteiger partial charge in [0.05, 0.1) is 19.8 Å². The van der Waals surface area contributed by atoms with Gasteiger partial charge in [0.2, 0.25) is 0 Å². The van der Waals surface area contributed by atoms with E-state index >= 15 is 0 Å². The molecule has 0 spiro atoms. The topological polar surface area (TPSA) is 77.3 Å². The van der Waals surface area contributed by atoms with Gasteiger partial charge in [0.1, 0.15) is 21.4 Å². The summed E-state index contributed by atoms with van der Waals surface area (Å²) < 4.78 is 78.9. The van der Waals surface area contributed by atoms with Gasteiger partial charge < -0.3 is 9.47 Å². The number of carbonyl (C=O) groups excluding carboxylic acids is 2. The van der Waals surface area contributed by atoms with Crippen LogP contribution in [0.15, 0.2) is 20.5 Å². The monoisotopic (exact) mass is 474 g/mol. The van der Waals surface area contributed by atoms with Gasteiger partial charge in [-0.1, -0.05) is 23.5 Å². The SMILES string of the molecule is CCOC(=O)C1=C(SC2=NCCS2)C(C)(C(=O)OCC)C(C(F)F)N=C1C(F)(F)F. The van der Waals surface area contributed by atoms with Crippen LogP contribution in [0.5, 0.6) is 0 Å². The summed E-state index contributed by atoms with van der Waals surface area (Å²) >= 11 is 1.74. The molecule has 0 saturated heterocycles. The molecule has 2 heterocycles. The highest BCUT2D eigenvalue weighted by Crippen LogP contribution is 2.51. The number of aliphatic imine (C=N–C) groups is 2. The number of carbonyl (C=O) groups is 2. The van der Waals surface area contributed by atoms with Gasteiger partial charge in [0.15, 0.2) is 5.71 Å². The van der Waals surface area contributed by atoms with E-state index in [4.69, 9.17) is 9.47 Å². The van der Waals surface area contributed by atoms with E-state index in [1.807, 2.05) is 0 Å². The van der Waals surface area contributed by atoms with E-state index in [-0.39, 0.29) is 17.6 Å². The highest BCUT2D eigenvalue weighted by atomic mass is 32.2. The number of alkyl halides is 5. The zero-order chi connectivity index (χ0) is 22.7. The summed E-state index contributed by atoms with van der Waals surface area (Å²) in [5.41, 5.74) is -5.23. The van der Waals surface area contributed by atoms with Crippen molar-refractivity contribution in [2.45, 2.75) is 39.4 Å². The summed E-state index contributed by atoms with van der Waals surface area (Å²) in [5.74, 6) is -2.10. The molecule has 2 aliphatic rings. The van der Waals surface area contributed by atoms with Crippen LogP contribution < -0.4 is 0 Å². The molecular formula is C17H19F5N2O4S2. The molecule has 2 rings (SSSR count). The Hall–Kier alpha value is -1.63. The minimum Gasteiger partial charge on any atom is -0.465 e. The first kappa shape index (κ1) is 24.6. The highest BCUT2D eigenvalue weighted by molar-refractivity contribution is 8.40. The van der Waals surface area contributed by atoms with E-state index < -0.39 is 52.2 Å². The van der Waals surface area contributed by atoms with Crippen LogP contribution in [0.2, 0.25) is 0 Å². The highest BCUT2D eigenvalue weighted by Gasteiger charge is 2.59. The van der Waals surface area contributed by atoms with Crippen molar-refractivity contribution in [3.8, 4) is 0 Å². The summed E-state index contributed by atoms with van der Waals surface area (Å²) in [7, 11) is 0. The third kappa shape index (κ3) is 4.82. The molecule has 0 aliphatic carbocycles. The lowest BCUT2D eigenvalue weighted by molar-refractivity contribution is -0.155. The smallest absolute Gasteiger partial charge is 0.433 e. The first-order valence-electron chi connectivity index (χ1n) is 8.86. The summed E-state index contributed by atoms with van der Waals surface area (Å²) in [6.07, 6.45) is -8.67. The van der Waals surface area contributed by atoms with Crippen molar-refractivity contribution in [3.63, 3.8) is 0 Å². The molecule has 0 aromatic heterocycles. The van der Waals surface area contributed by atoms with Gasteiger partial charge in [0.25, 0.3) is 6.43 Å².